The molecule has 0 saturated carbocycles. The van der Waals surface area contributed by atoms with Gasteiger partial charge in [-0.2, -0.15) is 0 Å². The first-order chi connectivity index (χ1) is 15.9. The van der Waals surface area contributed by atoms with E-state index in [4.69, 9.17) is 12.2 Å². The van der Waals surface area contributed by atoms with Crippen molar-refractivity contribution >= 4 is 17.3 Å². The van der Waals surface area contributed by atoms with Gasteiger partial charge >= 0.3 is 0 Å². The van der Waals surface area contributed by atoms with Crippen LogP contribution in [0.4, 0.5) is 0 Å². The van der Waals surface area contributed by atoms with Crippen LogP contribution < -0.4 is 5.32 Å². The predicted molar refractivity (Wildman–Crippen MR) is 140 cm³/mol. The highest BCUT2D eigenvalue weighted by molar-refractivity contribution is 7.80. The highest BCUT2D eigenvalue weighted by Gasteiger charge is 2.41. The van der Waals surface area contributed by atoms with Crippen LogP contribution in [0, 0.1) is 13.8 Å². The number of thiocarbonyl (C=S) groups is 1. The minimum Gasteiger partial charge on any atom is -0.352 e. The quantitative estimate of drug-likeness (QED) is 0.479. The van der Waals surface area contributed by atoms with Gasteiger partial charge in [-0.1, -0.05) is 25.1 Å². The molecule has 1 saturated heterocycles. The van der Waals surface area contributed by atoms with Crippen LogP contribution in [0.25, 0.3) is 5.69 Å². The molecular weight excluding hydrogens is 426 g/mol. The smallest absolute Gasteiger partial charge is 0.170 e. The van der Waals surface area contributed by atoms with E-state index in [1.165, 1.54) is 28.2 Å². The minimum absolute atomic E-state index is 0.0227. The molecule has 1 aliphatic heterocycles. The summed E-state index contributed by atoms with van der Waals surface area (Å²) < 4.78 is 2.36. The second-order valence-electron chi connectivity index (χ2n) is 9.16. The number of aryl methyl sites for hydroxylation is 2. The lowest BCUT2D eigenvalue weighted by Crippen LogP contribution is -2.32. The molecule has 2 atom stereocenters. The lowest BCUT2D eigenvalue weighted by molar-refractivity contribution is 0.292. The number of benzene rings is 1. The third-order valence-corrected chi connectivity index (χ3v) is 6.95. The summed E-state index contributed by atoms with van der Waals surface area (Å²) >= 11 is 5.84. The zero-order chi connectivity index (χ0) is 23.5. The van der Waals surface area contributed by atoms with Gasteiger partial charge in [0, 0.05) is 29.8 Å². The molecule has 0 radical (unpaired) electrons. The Labute approximate surface area is 203 Å². The first-order valence-electron chi connectivity index (χ1n) is 11.8. The highest BCUT2D eigenvalue weighted by Crippen LogP contribution is 2.41. The summed E-state index contributed by atoms with van der Waals surface area (Å²) in [5.74, 6) is 0. The third kappa shape index (κ3) is 4.82. The Hall–Kier alpha value is -2.70. The molecule has 2 aromatic heterocycles. The average Bonchev–Trinajstić information content (AvgIpc) is 3.29. The minimum atomic E-state index is 0.0227. The fraction of sp³-hybridized carbons (Fsp3) is 0.407. The van der Waals surface area contributed by atoms with Crippen LogP contribution in [-0.2, 0) is 6.42 Å². The molecule has 33 heavy (non-hydrogen) atoms. The van der Waals surface area contributed by atoms with E-state index in [1.807, 2.05) is 12.3 Å². The lowest BCUT2D eigenvalue weighted by Gasteiger charge is -2.28. The molecule has 3 aromatic rings. The van der Waals surface area contributed by atoms with Gasteiger partial charge in [0.05, 0.1) is 17.8 Å². The molecule has 1 fully saturated rings. The SMILES string of the molecule is CCc1ccc(-n2c(C)cc(C3C(c4ccccn4)NC(=S)N3CCCN(C)C)c2C)cc1. The number of rotatable bonds is 8. The van der Waals surface area contributed by atoms with Crippen molar-refractivity contribution in [3.05, 3.63) is 82.9 Å². The lowest BCUT2D eigenvalue weighted by atomic mass is 9.96. The van der Waals surface area contributed by atoms with Gasteiger partial charge in [0.1, 0.15) is 0 Å². The number of aromatic nitrogens is 2. The molecular formula is C27H35N5S. The van der Waals surface area contributed by atoms with Gasteiger partial charge < -0.3 is 19.7 Å². The number of nitrogens with one attached hydrogen (secondary N) is 1. The number of pyridine rings is 1. The largest absolute Gasteiger partial charge is 0.352 e. The van der Waals surface area contributed by atoms with Gasteiger partial charge in [0.25, 0.3) is 0 Å². The number of hydrogen-bond donors (Lipinski definition) is 1. The molecule has 174 valence electrons. The molecule has 2 unspecified atom stereocenters. The Bertz CT molecular complexity index is 1090. The Morgan fingerprint density at radius 1 is 1.09 bits per heavy atom. The Morgan fingerprint density at radius 2 is 1.85 bits per heavy atom. The Kier molecular flexibility index (Phi) is 7.15. The molecule has 3 heterocycles. The zero-order valence-corrected chi connectivity index (χ0v) is 21.2. The van der Waals surface area contributed by atoms with Gasteiger partial charge in [0.2, 0.25) is 0 Å². The van der Waals surface area contributed by atoms with Crippen molar-refractivity contribution in [2.24, 2.45) is 0 Å². The van der Waals surface area contributed by atoms with Crippen LogP contribution in [0.2, 0.25) is 0 Å². The number of hydrogen-bond acceptors (Lipinski definition) is 3. The van der Waals surface area contributed by atoms with E-state index in [2.05, 4.69) is 102 Å². The summed E-state index contributed by atoms with van der Waals surface area (Å²) in [4.78, 5) is 9.28. The second kappa shape index (κ2) is 10.1. The topological polar surface area (TPSA) is 36.3 Å². The predicted octanol–water partition coefficient (Wildman–Crippen LogP) is 4.98. The van der Waals surface area contributed by atoms with Crippen LogP contribution in [-0.4, -0.2) is 51.6 Å². The van der Waals surface area contributed by atoms with E-state index in [0.29, 0.717) is 0 Å². The average molecular weight is 462 g/mol. The fourth-order valence-electron chi connectivity index (χ4n) is 4.91. The molecule has 1 N–H and O–H groups in total. The zero-order valence-electron chi connectivity index (χ0n) is 20.4. The molecule has 0 aliphatic carbocycles. The van der Waals surface area contributed by atoms with E-state index in [0.717, 1.165) is 36.7 Å². The molecule has 0 spiro atoms. The van der Waals surface area contributed by atoms with Crippen LogP contribution in [0.15, 0.2) is 54.7 Å². The van der Waals surface area contributed by atoms with E-state index < -0.39 is 0 Å². The molecule has 1 aliphatic rings. The molecule has 0 bridgehead atoms. The van der Waals surface area contributed by atoms with Crippen molar-refractivity contribution in [2.75, 3.05) is 27.2 Å². The van der Waals surface area contributed by atoms with Crippen molar-refractivity contribution < 1.29 is 0 Å². The maximum Gasteiger partial charge on any atom is 0.170 e. The highest BCUT2D eigenvalue weighted by atomic mass is 32.1. The molecule has 4 rings (SSSR count). The van der Waals surface area contributed by atoms with Gasteiger partial charge in [-0.25, -0.2) is 0 Å². The Morgan fingerprint density at radius 3 is 2.48 bits per heavy atom. The fourth-order valence-corrected chi connectivity index (χ4v) is 5.24. The summed E-state index contributed by atoms with van der Waals surface area (Å²) in [7, 11) is 4.23. The number of nitrogens with zero attached hydrogens (tertiary/aromatic N) is 4. The standard InChI is InChI=1S/C27H35N5S/c1-6-21-11-13-22(14-12-21)32-19(2)18-23(20(32)3)26-25(24-10-7-8-15-28-24)29-27(33)31(26)17-9-16-30(4)5/h7-8,10-15,18,25-26H,6,9,16-17H2,1-5H3,(H,29,33). The van der Waals surface area contributed by atoms with E-state index in [-0.39, 0.29) is 12.1 Å². The van der Waals surface area contributed by atoms with Gasteiger partial charge in [-0.05, 0) is 101 Å². The molecule has 1 aromatic carbocycles. The molecule has 6 heteroatoms. The van der Waals surface area contributed by atoms with Crippen molar-refractivity contribution in [3.8, 4) is 5.69 Å². The van der Waals surface area contributed by atoms with E-state index >= 15 is 0 Å². The van der Waals surface area contributed by atoms with E-state index in [9.17, 15) is 0 Å². The second-order valence-corrected chi connectivity index (χ2v) is 9.55. The summed E-state index contributed by atoms with van der Waals surface area (Å²) in [6.45, 7) is 8.55. The van der Waals surface area contributed by atoms with Crippen molar-refractivity contribution in [3.63, 3.8) is 0 Å². The molecule has 5 nitrogen and oxygen atoms in total. The van der Waals surface area contributed by atoms with E-state index in [1.54, 1.807) is 0 Å². The van der Waals surface area contributed by atoms with Gasteiger partial charge in [-0.3, -0.25) is 4.98 Å². The molecule has 0 amide bonds. The maximum absolute atomic E-state index is 5.84. The van der Waals surface area contributed by atoms with Crippen molar-refractivity contribution in [1.29, 1.82) is 0 Å². The summed E-state index contributed by atoms with van der Waals surface area (Å²) in [5, 5.41) is 4.40. The van der Waals surface area contributed by atoms with Gasteiger partial charge in [-0.15, -0.1) is 0 Å². The van der Waals surface area contributed by atoms with Crippen molar-refractivity contribution in [2.45, 2.75) is 45.7 Å². The van der Waals surface area contributed by atoms with Crippen LogP contribution in [0.1, 0.15) is 53.6 Å². The van der Waals surface area contributed by atoms with Crippen LogP contribution in [0.5, 0.6) is 0 Å². The normalized spacial score (nSPS) is 18.2. The first-order valence-corrected chi connectivity index (χ1v) is 12.2. The Balaban J connectivity index is 1.75. The summed E-state index contributed by atoms with van der Waals surface area (Å²) in [5.41, 5.74) is 7.38. The van der Waals surface area contributed by atoms with Crippen molar-refractivity contribution in [1.82, 2.24) is 24.7 Å². The first kappa shape index (κ1) is 23.5. The van der Waals surface area contributed by atoms with Crippen LogP contribution >= 0.6 is 12.2 Å². The van der Waals surface area contributed by atoms with Crippen LogP contribution in [0.3, 0.4) is 0 Å². The monoisotopic (exact) mass is 461 g/mol. The maximum atomic E-state index is 5.84. The third-order valence-electron chi connectivity index (χ3n) is 6.59. The van der Waals surface area contributed by atoms with Gasteiger partial charge in [0.15, 0.2) is 5.11 Å². The summed E-state index contributed by atoms with van der Waals surface area (Å²) in [6, 6.07) is 17.5. The summed E-state index contributed by atoms with van der Waals surface area (Å²) in [6.07, 6.45) is 3.97.